The van der Waals surface area contributed by atoms with E-state index >= 15 is 0 Å². The van der Waals surface area contributed by atoms with E-state index in [1.807, 2.05) is 30.3 Å². The van der Waals surface area contributed by atoms with E-state index in [9.17, 15) is 23.1 Å². The highest BCUT2D eigenvalue weighted by Crippen LogP contribution is 2.32. The van der Waals surface area contributed by atoms with Gasteiger partial charge in [-0.3, -0.25) is 4.79 Å². The summed E-state index contributed by atoms with van der Waals surface area (Å²) in [6.45, 7) is -0.184. The first-order valence-electron chi connectivity index (χ1n) is 9.55. The number of hydrogen-bond donors (Lipinski definition) is 4. The molecule has 4 aromatic rings. The SMILES string of the molecule is O=c1[nH]ccc(NC(CO)Cc2ccccc2)c1-c1nc2cc(C(F)(F)F)ccc2[nH]1. The Labute approximate surface area is 174 Å². The first kappa shape index (κ1) is 20.7. The van der Waals surface area contributed by atoms with Crippen LogP contribution in [-0.4, -0.2) is 32.7 Å². The molecule has 9 heteroatoms. The number of aromatic amines is 2. The first-order valence-corrected chi connectivity index (χ1v) is 9.55. The third-order valence-electron chi connectivity index (χ3n) is 4.91. The van der Waals surface area contributed by atoms with Crippen molar-refractivity contribution < 1.29 is 18.3 Å². The normalized spacial score (nSPS) is 12.8. The molecule has 2 aromatic carbocycles. The minimum atomic E-state index is -4.49. The van der Waals surface area contributed by atoms with E-state index < -0.39 is 17.3 Å². The zero-order valence-corrected chi connectivity index (χ0v) is 16.2. The Morgan fingerprint density at radius 1 is 1.10 bits per heavy atom. The van der Waals surface area contributed by atoms with Crippen LogP contribution >= 0.6 is 0 Å². The summed E-state index contributed by atoms with van der Waals surface area (Å²) >= 11 is 0. The van der Waals surface area contributed by atoms with Gasteiger partial charge >= 0.3 is 6.18 Å². The van der Waals surface area contributed by atoms with Gasteiger partial charge in [0, 0.05) is 6.20 Å². The molecule has 0 spiro atoms. The molecular weight excluding hydrogens is 409 g/mol. The lowest BCUT2D eigenvalue weighted by Gasteiger charge is -2.19. The van der Waals surface area contributed by atoms with E-state index in [1.54, 1.807) is 6.07 Å². The maximum absolute atomic E-state index is 13.0. The summed E-state index contributed by atoms with van der Waals surface area (Å²) < 4.78 is 39.0. The number of fused-ring (bicyclic) bond motifs is 1. The molecule has 4 rings (SSSR count). The fraction of sp³-hybridized carbons (Fsp3) is 0.182. The van der Waals surface area contributed by atoms with E-state index in [0.29, 0.717) is 17.6 Å². The van der Waals surface area contributed by atoms with Gasteiger partial charge in [0.2, 0.25) is 0 Å². The second kappa shape index (κ2) is 8.27. The molecule has 1 atom stereocenters. The average Bonchev–Trinajstić information content (AvgIpc) is 3.16. The largest absolute Gasteiger partial charge is 0.416 e. The number of hydrogen-bond acceptors (Lipinski definition) is 4. The zero-order chi connectivity index (χ0) is 22.0. The molecule has 0 amide bonds. The highest BCUT2D eigenvalue weighted by molar-refractivity contribution is 5.83. The molecule has 0 saturated heterocycles. The summed E-state index contributed by atoms with van der Waals surface area (Å²) in [5.74, 6) is 0.134. The number of nitrogens with zero attached hydrogens (tertiary/aromatic N) is 1. The van der Waals surface area contributed by atoms with Gasteiger partial charge in [-0.2, -0.15) is 13.2 Å². The summed E-state index contributed by atoms with van der Waals surface area (Å²) in [6, 6.07) is 14.0. The van der Waals surface area contributed by atoms with Crippen molar-refractivity contribution in [3.8, 4) is 11.4 Å². The van der Waals surface area contributed by atoms with Crippen molar-refractivity contribution in [1.29, 1.82) is 0 Å². The molecule has 0 bridgehead atoms. The number of nitrogens with one attached hydrogen (secondary N) is 3. The van der Waals surface area contributed by atoms with Crippen molar-refractivity contribution in [2.24, 2.45) is 0 Å². The number of alkyl halides is 3. The molecule has 6 nitrogen and oxygen atoms in total. The van der Waals surface area contributed by atoms with Crippen molar-refractivity contribution >= 4 is 16.7 Å². The van der Waals surface area contributed by atoms with Gasteiger partial charge in [-0.1, -0.05) is 30.3 Å². The lowest BCUT2D eigenvalue weighted by Crippen LogP contribution is -2.28. The molecule has 160 valence electrons. The van der Waals surface area contributed by atoms with Gasteiger partial charge in [0.1, 0.15) is 11.4 Å². The van der Waals surface area contributed by atoms with Crippen molar-refractivity contribution in [3.63, 3.8) is 0 Å². The fourth-order valence-electron chi connectivity index (χ4n) is 3.41. The van der Waals surface area contributed by atoms with Crippen molar-refractivity contribution in [2.75, 3.05) is 11.9 Å². The molecule has 0 aliphatic heterocycles. The Bertz CT molecular complexity index is 1250. The standard InChI is InChI=1S/C22H19F3N4O2/c23-22(24,25)14-6-7-16-18(11-14)29-20(28-16)19-17(8-9-26-21(19)31)27-15(12-30)10-13-4-2-1-3-5-13/h1-9,11,15,30H,10,12H2,(H,28,29)(H2,26,27,31). The quantitative estimate of drug-likeness (QED) is 0.374. The Hall–Kier alpha value is -3.59. The number of aliphatic hydroxyl groups excluding tert-OH is 1. The molecule has 31 heavy (non-hydrogen) atoms. The van der Waals surface area contributed by atoms with E-state index in [0.717, 1.165) is 17.7 Å². The average molecular weight is 428 g/mol. The van der Waals surface area contributed by atoms with Gasteiger partial charge in [0.05, 0.1) is 34.9 Å². The lowest BCUT2D eigenvalue weighted by atomic mass is 10.1. The van der Waals surface area contributed by atoms with Crippen LogP contribution in [-0.2, 0) is 12.6 Å². The smallest absolute Gasteiger partial charge is 0.394 e. The van der Waals surface area contributed by atoms with Gasteiger partial charge in [0.15, 0.2) is 0 Å². The second-order valence-electron chi connectivity index (χ2n) is 7.12. The van der Waals surface area contributed by atoms with Crippen LogP contribution < -0.4 is 10.9 Å². The summed E-state index contributed by atoms with van der Waals surface area (Å²) in [5, 5.41) is 13.0. The van der Waals surface area contributed by atoms with Crippen LogP contribution in [0.4, 0.5) is 18.9 Å². The number of H-pyrrole nitrogens is 2. The number of anilines is 1. The summed E-state index contributed by atoms with van der Waals surface area (Å²) in [5.41, 5.74) is 0.761. The highest BCUT2D eigenvalue weighted by atomic mass is 19.4. The summed E-state index contributed by atoms with van der Waals surface area (Å²) in [7, 11) is 0. The van der Waals surface area contributed by atoms with Crippen LogP contribution in [0.15, 0.2) is 65.6 Å². The Morgan fingerprint density at radius 2 is 1.87 bits per heavy atom. The predicted octanol–water partition coefficient (Wildman–Crippen LogP) is 3.95. The van der Waals surface area contributed by atoms with Gasteiger partial charge in [-0.15, -0.1) is 0 Å². The van der Waals surface area contributed by atoms with Crippen LogP contribution in [0, 0.1) is 0 Å². The van der Waals surface area contributed by atoms with Crippen LogP contribution in [0.2, 0.25) is 0 Å². The van der Waals surface area contributed by atoms with Gasteiger partial charge in [0.25, 0.3) is 5.56 Å². The molecule has 0 fully saturated rings. The highest BCUT2D eigenvalue weighted by Gasteiger charge is 2.31. The topological polar surface area (TPSA) is 93.8 Å². The predicted molar refractivity (Wildman–Crippen MR) is 112 cm³/mol. The Kier molecular flexibility index (Phi) is 5.51. The number of imidazole rings is 1. The van der Waals surface area contributed by atoms with E-state index in [1.165, 1.54) is 12.3 Å². The number of pyridine rings is 1. The Morgan fingerprint density at radius 3 is 2.58 bits per heavy atom. The third-order valence-corrected chi connectivity index (χ3v) is 4.91. The second-order valence-corrected chi connectivity index (χ2v) is 7.12. The molecule has 2 heterocycles. The van der Waals surface area contributed by atoms with Crippen molar-refractivity contribution in [2.45, 2.75) is 18.6 Å². The third kappa shape index (κ3) is 4.46. The van der Waals surface area contributed by atoms with Crippen molar-refractivity contribution in [3.05, 3.63) is 82.3 Å². The maximum atomic E-state index is 13.0. The molecular formula is C22H19F3N4O2. The van der Waals surface area contributed by atoms with Gasteiger partial charge < -0.3 is 20.4 Å². The first-order chi connectivity index (χ1) is 14.8. The van der Waals surface area contributed by atoms with E-state index in [4.69, 9.17) is 0 Å². The number of aromatic nitrogens is 3. The molecule has 0 radical (unpaired) electrons. The molecule has 0 aliphatic carbocycles. The minimum Gasteiger partial charge on any atom is -0.394 e. The van der Waals surface area contributed by atoms with E-state index in [-0.39, 0.29) is 29.6 Å². The summed E-state index contributed by atoms with van der Waals surface area (Å²) in [6.07, 6.45) is -2.52. The number of rotatable bonds is 6. The Balaban J connectivity index is 1.70. The number of benzene rings is 2. The molecule has 2 aromatic heterocycles. The van der Waals surface area contributed by atoms with Crippen LogP contribution in [0.1, 0.15) is 11.1 Å². The monoisotopic (exact) mass is 428 g/mol. The van der Waals surface area contributed by atoms with Gasteiger partial charge in [-0.05, 0) is 36.2 Å². The molecule has 1 unspecified atom stereocenters. The number of halogens is 3. The van der Waals surface area contributed by atoms with Crippen LogP contribution in [0.25, 0.3) is 22.4 Å². The van der Waals surface area contributed by atoms with Gasteiger partial charge in [-0.25, -0.2) is 4.98 Å². The summed E-state index contributed by atoms with van der Waals surface area (Å²) in [4.78, 5) is 22.3. The maximum Gasteiger partial charge on any atom is 0.416 e. The lowest BCUT2D eigenvalue weighted by molar-refractivity contribution is -0.137. The van der Waals surface area contributed by atoms with E-state index in [2.05, 4.69) is 20.3 Å². The fourth-order valence-corrected chi connectivity index (χ4v) is 3.41. The number of aliphatic hydroxyl groups is 1. The molecule has 4 N–H and O–H groups in total. The molecule has 0 saturated carbocycles. The zero-order valence-electron chi connectivity index (χ0n) is 16.2. The minimum absolute atomic E-state index is 0.0991. The molecule has 0 aliphatic rings. The van der Waals surface area contributed by atoms with Crippen LogP contribution in [0.3, 0.4) is 0 Å². The van der Waals surface area contributed by atoms with Crippen molar-refractivity contribution in [1.82, 2.24) is 15.0 Å². The van der Waals surface area contributed by atoms with Crippen LogP contribution in [0.5, 0.6) is 0 Å².